The number of ether oxygens (including phenoxy) is 3. The zero-order valence-electron chi connectivity index (χ0n) is 21.7. The van der Waals surface area contributed by atoms with Crippen LogP contribution in [0, 0.1) is 0 Å². The van der Waals surface area contributed by atoms with Crippen LogP contribution in [0.15, 0.2) is 73.4 Å². The van der Waals surface area contributed by atoms with Crippen LogP contribution in [0.2, 0.25) is 5.02 Å². The van der Waals surface area contributed by atoms with Gasteiger partial charge in [-0.2, -0.15) is 9.78 Å². The van der Waals surface area contributed by atoms with Crippen molar-refractivity contribution in [3.8, 4) is 28.8 Å². The highest BCUT2D eigenvalue weighted by atomic mass is 79.9. The molecular weight excluding hydrogens is 586 g/mol. The predicted molar refractivity (Wildman–Crippen MR) is 157 cm³/mol. The van der Waals surface area contributed by atoms with Gasteiger partial charge in [-0.05, 0) is 65.7 Å². The quantitative estimate of drug-likeness (QED) is 0.171. The monoisotopic (exact) mass is 609 g/mol. The summed E-state index contributed by atoms with van der Waals surface area (Å²) in [6.07, 6.45) is 2.25. The number of benzene rings is 3. The van der Waals surface area contributed by atoms with E-state index in [0.717, 1.165) is 11.8 Å². The van der Waals surface area contributed by atoms with Gasteiger partial charge in [0.15, 0.2) is 17.3 Å². The molecule has 0 spiro atoms. The summed E-state index contributed by atoms with van der Waals surface area (Å²) in [5.41, 5.74) is 1.34. The normalized spacial score (nSPS) is 12.4. The molecule has 2 heterocycles. The lowest BCUT2D eigenvalue weighted by Gasteiger charge is -2.18. The number of halogens is 2. The van der Waals surface area contributed by atoms with Crippen LogP contribution in [0.3, 0.4) is 0 Å². The van der Waals surface area contributed by atoms with Gasteiger partial charge < -0.3 is 18.6 Å². The zero-order chi connectivity index (χ0) is 27.7. The first-order chi connectivity index (χ1) is 18.9. The van der Waals surface area contributed by atoms with Gasteiger partial charge in [0.2, 0.25) is 5.82 Å². The van der Waals surface area contributed by atoms with Gasteiger partial charge in [0.25, 0.3) is 5.56 Å². The molecule has 0 radical (unpaired) electrons. The number of furan rings is 1. The summed E-state index contributed by atoms with van der Waals surface area (Å²) in [5, 5.41) is 6.05. The second-order valence-electron chi connectivity index (χ2n) is 8.76. The van der Waals surface area contributed by atoms with Gasteiger partial charge in [-0.3, -0.25) is 4.79 Å². The number of aromatic nitrogens is 2. The van der Waals surface area contributed by atoms with Crippen LogP contribution < -0.4 is 19.8 Å². The Kier molecular flexibility index (Phi) is 7.63. The highest BCUT2D eigenvalue weighted by molar-refractivity contribution is 9.10. The van der Waals surface area contributed by atoms with Crippen molar-refractivity contribution in [1.82, 2.24) is 9.66 Å². The SMILES string of the molecule is CC[C@H](C)Oc1c(OC)cc(C=Nn2c(-c3cc4c(OC)cccc4o3)nc3ccccc3c2=O)c(Br)c1Cl. The lowest BCUT2D eigenvalue weighted by atomic mass is 10.2. The molecule has 0 aliphatic heterocycles. The van der Waals surface area contributed by atoms with Gasteiger partial charge in [0.05, 0.1) is 42.8 Å². The van der Waals surface area contributed by atoms with Crippen LogP contribution in [-0.2, 0) is 0 Å². The van der Waals surface area contributed by atoms with Crippen molar-refractivity contribution >= 4 is 55.6 Å². The molecule has 0 bridgehead atoms. The van der Waals surface area contributed by atoms with Crippen molar-refractivity contribution in [3.05, 3.63) is 80.0 Å². The molecule has 0 saturated carbocycles. The smallest absolute Gasteiger partial charge is 0.282 e. The highest BCUT2D eigenvalue weighted by Gasteiger charge is 2.20. The third kappa shape index (κ3) is 4.99. The Morgan fingerprint density at radius 2 is 1.87 bits per heavy atom. The van der Waals surface area contributed by atoms with Crippen molar-refractivity contribution < 1.29 is 18.6 Å². The Balaban J connectivity index is 1.68. The summed E-state index contributed by atoms with van der Waals surface area (Å²) in [4.78, 5) is 18.4. The molecule has 3 aromatic carbocycles. The summed E-state index contributed by atoms with van der Waals surface area (Å²) in [5.74, 6) is 2.11. The first kappa shape index (κ1) is 26.8. The molecule has 39 heavy (non-hydrogen) atoms. The molecule has 0 N–H and O–H groups in total. The number of hydrogen-bond donors (Lipinski definition) is 0. The van der Waals surface area contributed by atoms with Crippen LogP contribution in [0.5, 0.6) is 17.2 Å². The second kappa shape index (κ2) is 11.1. The fourth-order valence-corrected chi connectivity index (χ4v) is 4.72. The van der Waals surface area contributed by atoms with E-state index >= 15 is 0 Å². The van der Waals surface area contributed by atoms with Crippen molar-refractivity contribution in [3.63, 3.8) is 0 Å². The van der Waals surface area contributed by atoms with Gasteiger partial charge in [-0.1, -0.05) is 36.7 Å². The minimum Gasteiger partial charge on any atom is -0.496 e. The molecule has 0 fully saturated rings. The minimum atomic E-state index is -0.356. The summed E-state index contributed by atoms with van der Waals surface area (Å²) >= 11 is 10.2. The van der Waals surface area contributed by atoms with Gasteiger partial charge in [0.1, 0.15) is 16.4 Å². The lowest BCUT2D eigenvalue weighted by molar-refractivity contribution is 0.207. The van der Waals surface area contributed by atoms with E-state index in [-0.39, 0.29) is 17.5 Å². The van der Waals surface area contributed by atoms with Gasteiger partial charge in [-0.15, -0.1) is 0 Å². The van der Waals surface area contributed by atoms with E-state index in [0.29, 0.717) is 54.6 Å². The molecule has 5 aromatic rings. The summed E-state index contributed by atoms with van der Waals surface area (Å²) < 4.78 is 24.9. The Labute approximate surface area is 237 Å². The van der Waals surface area contributed by atoms with Crippen molar-refractivity contribution in [2.75, 3.05) is 14.2 Å². The largest absolute Gasteiger partial charge is 0.496 e. The third-order valence-electron chi connectivity index (χ3n) is 6.30. The van der Waals surface area contributed by atoms with Crippen LogP contribution >= 0.6 is 27.5 Å². The van der Waals surface area contributed by atoms with E-state index in [9.17, 15) is 4.79 Å². The number of para-hydroxylation sites is 1. The van der Waals surface area contributed by atoms with E-state index < -0.39 is 0 Å². The maximum absolute atomic E-state index is 13.6. The molecule has 8 nitrogen and oxygen atoms in total. The first-order valence-corrected chi connectivity index (χ1v) is 13.4. The predicted octanol–water partition coefficient (Wildman–Crippen LogP) is 7.30. The summed E-state index contributed by atoms with van der Waals surface area (Å²) in [6, 6.07) is 16.1. The number of hydrogen-bond acceptors (Lipinski definition) is 7. The van der Waals surface area contributed by atoms with Gasteiger partial charge >= 0.3 is 0 Å². The molecule has 0 aliphatic rings. The average molecular weight is 611 g/mol. The highest BCUT2D eigenvalue weighted by Crippen LogP contribution is 2.43. The Morgan fingerprint density at radius 1 is 1.10 bits per heavy atom. The molecule has 0 aliphatic carbocycles. The Morgan fingerprint density at radius 3 is 2.62 bits per heavy atom. The van der Waals surface area contributed by atoms with E-state index in [2.05, 4.69) is 21.0 Å². The number of rotatable bonds is 8. The zero-order valence-corrected chi connectivity index (χ0v) is 24.0. The number of nitrogens with zero attached hydrogens (tertiary/aromatic N) is 3. The maximum atomic E-state index is 13.6. The standard InChI is InChI=1S/C29H25BrClN3O5/c1-5-16(2)38-27-23(37-4)13-17(25(30)26(27)31)15-32-34-28(33-20-10-7-6-9-18(20)29(34)35)24-14-19-21(36-3)11-8-12-22(19)39-24/h6-16H,5H2,1-4H3/t16-/m0/s1. The molecule has 0 amide bonds. The van der Waals surface area contributed by atoms with Gasteiger partial charge in [-0.25, -0.2) is 4.98 Å². The Bertz CT molecular complexity index is 1780. The molecule has 200 valence electrons. The van der Waals surface area contributed by atoms with Crippen LogP contribution in [0.25, 0.3) is 33.5 Å². The maximum Gasteiger partial charge on any atom is 0.282 e. The average Bonchev–Trinajstić information content (AvgIpc) is 3.40. The van der Waals surface area contributed by atoms with Crippen LogP contribution in [0.1, 0.15) is 25.8 Å². The Hall–Kier alpha value is -3.82. The fraction of sp³-hybridized carbons (Fsp3) is 0.207. The minimum absolute atomic E-state index is 0.0601. The van der Waals surface area contributed by atoms with Crippen molar-refractivity contribution in [1.29, 1.82) is 0 Å². The summed E-state index contributed by atoms with van der Waals surface area (Å²) in [6.45, 7) is 3.97. The summed E-state index contributed by atoms with van der Waals surface area (Å²) in [7, 11) is 3.13. The van der Waals surface area contributed by atoms with Crippen molar-refractivity contribution in [2.24, 2.45) is 5.10 Å². The van der Waals surface area contributed by atoms with E-state index in [1.807, 2.05) is 38.1 Å². The molecule has 1 atom stereocenters. The third-order valence-corrected chi connectivity index (χ3v) is 7.74. The first-order valence-electron chi connectivity index (χ1n) is 12.2. The molecule has 10 heteroatoms. The number of fused-ring (bicyclic) bond motifs is 2. The topological polar surface area (TPSA) is 88.1 Å². The second-order valence-corrected chi connectivity index (χ2v) is 9.93. The fourth-order valence-electron chi connectivity index (χ4n) is 4.08. The van der Waals surface area contributed by atoms with Crippen molar-refractivity contribution in [2.45, 2.75) is 26.4 Å². The van der Waals surface area contributed by atoms with E-state index in [1.54, 1.807) is 37.4 Å². The number of methoxy groups -OCH3 is 2. The van der Waals surface area contributed by atoms with Gasteiger partial charge in [0, 0.05) is 10.0 Å². The van der Waals surface area contributed by atoms with E-state index in [1.165, 1.54) is 18.0 Å². The molecule has 5 rings (SSSR count). The lowest BCUT2D eigenvalue weighted by Crippen LogP contribution is -2.20. The molecule has 2 aromatic heterocycles. The molecular formula is C29H25BrClN3O5. The molecule has 0 saturated heterocycles. The van der Waals surface area contributed by atoms with E-state index in [4.69, 9.17) is 35.2 Å². The van der Waals surface area contributed by atoms with Crippen LogP contribution in [0.4, 0.5) is 0 Å². The molecule has 0 unspecified atom stereocenters. The van der Waals surface area contributed by atoms with Crippen LogP contribution in [-0.4, -0.2) is 36.2 Å².